The van der Waals surface area contributed by atoms with Gasteiger partial charge in [0, 0.05) is 32.0 Å². The molecule has 0 amide bonds. The van der Waals surface area contributed by atoms with E-state index in [1.807, 2.05) is 24.3 Å². The molecule has 2 aromatic rings. The molecule has 23 heavy (non-hydrogen) atoms. The van der Waals surface area contributed by atoms with Crippen LogP contribution in [-0.2, 0) is 0 Å². The molecule has 0 bridgehead atoms. The summed E-state index contributed by atoms with van der Waals surface area (Å²) in [6.07, 6.45) is 1.93. The van der Waals surface area contributed by atoms with Gasteiger partial charge >= 0.3 is 0 Å². The van der Waals surface area contributed by atoms with Crippen LogP contribution in [0.15, 0.2) is 30.3 Å². The van der Waals surface area contributed by atoms with E-state index in [0.29, 0.717) is 5.82 Å². The molecule has 1 saturated heterocycles. The Labute approximate surface area is 135 Å². The van der Waals surface area contributed by atoms with Gasteiger partial charge in [0.15, 0.2) is 11.5 Å². The zero-order chi connectivity index (χ0) is 16.2. The molecule has 7 heteroatoms. The van der Waals surface area contributed by atoms with E-state index < -0.39 is 0 Å². The number of nitrogens with zero attached hydrogens (tertiary/aromatic N) is 3. The second-order valence-corrected chi connectivity index (χ2v) is 5.46. The number of piperidine rings is 1. The SMILES string of the molecule is COc1ccccc1OC1CCN(c2cc(N)nc(N)n2)CC1. The highest BCUT2D eigenvalue weighted by Gasteiger charge is 2.23. The normalized spacial score (nSPS) is 15.4. The molecule has 1 aromatic heterocycles. The van der Waals surface area contributed by atoms with E-state index in [1.54, 1.807) is 13.2 Å². The summed E-state index contributed by atoms with van der Waals surface area (Å²) in [5, 5.41) is 0. The number of benzene rings is 1. The topological polar surface area (TPSA) is 99.5 Å². The van der Waals surface area contributed by atoms with Crippen molar-refractivity contribution in [1.82, 2.24) is 9.97 Å². The van der Waals surface area contributed by atoms with Crippen LogP contribution in [0, 0.1) is 0 Å². The van der Waals surface area contributed by atoms with Gasteiger partial charge in [0.05, 0.1) is 7.11 Å². The summed E-state index contributed by atoms with van der Waals surface area (Å²) in [6.45, 7) is 1.66. The Morgan fingerprint density at radius 2 is 1.78 bits per heavy atom. The van der Waals surface area contributed by atoms with Crippen LogP contribution in [0.2, 0.25) is 0 Å². The number of rotatable bonds is 4. The molecule has 4 N–H and O–H groups in total. The number of hydrogen-bond donors (Lipinski definition) is 2. The van der Waals surface area contributed by atoms with Crippen molar-refractivity contribution >= 4 is 17.6 Å². The first-order valence-electron chi connectivity index (χ1n) is 7.60. The number of aromatic nitrogens is 2. The van der Waals surface area contributed by atoms with E-state index in [1.165, 1.54) is 0 Å². The second-order valence-electron chi connectivity index (χ2n) is 5.46. The predicted molar refractivity (Wildman–Crippen MR) is 89.7 cm³/mol. The number of anilines is 3. The number of methoxy groups -OCH3 is 1. The van der Waals surface area contributed by atoms with Crippen LogP contribution in [0.25, 0.3) is 0 Å². The van der Waals surface area contributed by atoms with E-state index in [0.717, 1.165) is 43.2 Å². The first-order valence-corrected chi connectivity index (χ1v) is 7.60. The van der Waals surface area contributed by atoms with Crippen molar-refractivity contribution in [2.75, 3.05) is 36.6 Å². The van der Waals surface area contributed by atoms with Gasteiger partial charge in [-0.2, -0.15) is 9.97 Å². The van der Waals surface area contributed by atoms with Crippen molar-refractivity contribution in [2.45, 2.75) is 18.9 Å². The number of para-hydroxylation sites is 2. The molecule has 0 spiro atoms. The zero-order valence-electron chi connectivity index (χ0n) is 13.1. The van der Waals surface area contributed by atoms with Gasteiger partial charge in [0.25, 0.3) is 0 Å². The minimum absolute atomic E-state index is 0.152. The molecule has 0 aliphatic carbocycles. The fourth-order valence-electron chi connectivity index (χ4n) is 2.73. The summed E-state index contributed by atoms with van der Waals surface area (Å²) in [5.74, 6) is 2.90. The van der Waals surface area contributed by atoms with Crippen molar-refractivity contribution in [3.63, 3.8) is 0 Å². The van der Waals surface area contributed by atoms with Crippen LogP contribution < -0.4 is 25.8 Å². The molecule has 1 fully saturated rings. The minimum atomic E-state index is 0.152. The molecular weight excluding hydrogens is 294 g/mol. The van der Waals surface area contributed by atoms with E-state index in [2.05, 4.69) is 14.9 Å². The first-order chi connectivity index (χ1) is 11.2. The van der Waals surface area contributed by atoms with Gasteiger partial charge in [-0.1, -0.05) is 12.1 Å². The van der Waals surface area contributed by atoms with Crippen molar-refractivity contribution in [3.8, 4) is 11.5 Å². The molecule has 0 radical (unpaired) electrons. The molecule has 3 rings (SSSR count). The Hall–Kier alpha value is -2.70. The third-order valence-corrected chi connectivity index (χ3v) is 3.88. The summed E-state index contributed by atoms with van der Waals surface area (Å²) < 4.78 is 11.4. The standard InChI is InChI=1S/C16H21N5O2/c1-22-12-4-2-3-5-13(12)23-11-6-8-21(9-7-11)15-10-14(17)19-16(18)20-15/h2-5,10-11H,6-9H2,1H3,(H4,17,18,19,20). The zero-order valence-corrected chi connectivity index (χ0v) is 13.1. The van der Waals surface area contributed by atoms with Crippen LogP contribution in [0.3, 0.4) is 0 Å². The lowest BCUT2D eigenvalue weighted by atomic mass is 10.1. The van der Waals surface area contributed by atoms with Gasteiger partial charge in [0.1, 0.15) is 17.7 Å². The lowest BCUT2D eigenvalue weighted by molar-refractivity contribution is 0.164. The summed E-state index contributed by atoms with van der Waals surface area (Å²) in [6, 6.07) is 9.45. The lowest BCUT2D eigenvalue weighted by Crippen LogP contribution is -2.38. The summed E-state index contributed by atoms with van der Waals surface area (Å²) in [7, 11) is 1.65. The maximum atomic E-state index is 6.08. The number of hydrogen-bond acceptors (Lipinski definition) is 7. The van der Waals surface area contributed by atoms with Gasteiger partial charge in [-0.25, -0.2) is 0 Å². The van der Waals surface area contributed by atoms with Crippen molar-refractivity contribution in [3.05, 3.63) is 30.3 Å². The molecule has 0 unspecified atom stereocenters. The predicted octanol–water partition coefficient (Wildman–Crippen LogP) is 1.70. The molecule has 0 saturated carbocycles. The van der Waals surface area contributed by atoms with Crippen LogP contribution >= 0.6 is 0 Å². The molecule has 1 aliphatic heterocycles. The van der Waals surface area contributed by atoms with Crippen molar-refractivity contribution in [1.29, 1.82) is 0 Å². The number of ether oxygens (including phenoxy) is 2. The second kappa shape index (κ2) is 6.60. The first kappa shape index (κ1) is 15.2. The average molecular weight is 315 g/mol. The molecule has 0 atom stereocenters. The monoisotopic (exact) mass is 315 g/mol. The Morgan fingerprint density at radius 1 is 1.09 bits per heavy atom. The molecule has 2 heterocycles. The quantitative estimate of drug-likeness (QED) is 0.885. The fourth-order valence-corrected chi connectivity index (χ4v) is 2.73. The van der Waals surface area contributed by atoms with Gasteiger partial charge in [0.2, 0.25) is 5.95 Å². The van der Waals surface area contributed by atoms with Crippen LogP contribution in [0.1, 0.15) is 12.8 Å². The number of nitrogen functional groups attached to an aromatic ring is 2. The largest absolute Gasteiger partial charge is 0.493 e. The van der Waals surface area contributed by atoms with E-state index >= 15 is 0 Å². The molecule has 7 nitrogen and oxygen atoms in total. The smallest absolute Gasteiger partial charge is 0.223 e. The summed E-state index contributed by atoms with van der Waals surface area (Å²) >= 11 is 0. The average Bonchev–Trinajstić information content (AvgIpc) is 2.55. The number of nitrogens with two attached hydrogens (primary N) is 2. The van der Waals surface area contributed by atoms with E-state index in [4.69, 9.17) is 20.9 Å². The highest BCUT2D eigenvalue weighted by atomic mass is 16.5. The van der Waals surface area contributed by atoms with Crippen LogP contribution in [-0.4, -0.2) is 36.3 Å². The molecular formula is C16H21N5O2. The van der Waals surface area contributed by atoms with Crippen LogP contribution in [0.4, 0.5) is 17.6 Å². The Balaban J connectivity index is 1.62. The summed E-state index contributed by atoms with van der Waals surface area (Å²) in [4.78, 5) is 10.3. The third-order valence-electron chi connectivity index (χ3n) is 3.88. The van der Waals surface area contributed by atoms with Gasteiger partial charge in [-0.3, -0.25) is 0 Å². The lowest BCUT2D eigenvalue weighted by Gasteiger charge is -2.33. The molecule has 1 aromatic carbocycles. The van der Waals surface area contributed by atoms with Gasteiger partial charge < -0.3 is 25.8 Å². The highest BCUT2D eigenvalue weighted by molar-refractivity contribution is 5.50. The van der Waals surface area contributed by atoms with Gasteiger partial charge in [-0.05, 0) is 12.1 Å². The van der Waals surface area contributed by atoms with E-state index in [9.17, 15) is 0 Å². The Bertz CT molecular complexity index is 651. The van der Waals surface area contributed by atoms with E-state index in [-0.39, 0.29) is 12.1 Å². The minimum Gasteiger partial charge on any atom is -0.493 e. The van der Waals surface area contributed by atoms with Crippen molar-refractivity contribution in [2.24, 2.45) is 0 Å². The Kier molecular flexibility index (Phi) is 4.36. The van der Waals surface area contributed by atoms with Crippen molar-refractivity contribution < 1.29 is 9.47 Å². The fraction of sp³-hybridized carbons (Fsp3) is 0.375. The Morgan fingerprint density at radius 3 is 2.43 bits per heavy atom. The van der Waals surface area contributed by atoms with Gasteiger partial charge in [-0.15, -0.1) is 0 Å². The molecule has 1 aliphatic rings. The maximum absolute atomic E-state index is 6.08. The highest BCUT2D eigenvalue weighted by Crippen LogP contribution is 2.29. The molecule has 122 valence electrons. The third kappa shape index (κ3) is 3.56. The maximum Gasteiger partial charge on any atom is 0.223 e. The summed E-state index contributed by atoms with van der Waals surface area (Å²) in [5.41, 5.74) is 11.4. The van der Waals surface area contributed by atoms with Crippen LogP contribution in [0.5, 0.6) is 11.5 Å².